The maximum Gasteiger partial charge on any atom is -0.0414 e. The van der Waals surface area contributed by atoms with E-state index in [-0.39, 0.29) is 0 Å². The molecule has 0 radical (unpaired) electrons. The predicted molar refractivity (Wildman–Crippen MR) is 73.7 cm³/mol. The standard InChI is InChI=1S/C16H32/c1-3-4-10-15(2)11-8-9-14-16-12-6-5-7-13-16/h15-16H,3-14H2,1-2H3. The van der Waals surface area contributed by atoms with Gasteiger partial charge in [0.25, 0.3) is 0 Å². The highest BCUT2D eigenvalue weighted by molar-refractivity contribution is 4.66. The lowest BCUT2D eigenvalue weighted by Crippen LogP contribution is -2.06. The van der Waals surface area contributed by atoms with Crippen LogP contribution in [0.4, 0.5) is 0 Å². The Morgan fingerprint density at radius 1 is 0.938 bits per heavy atom. The third-order valence-electron chi connectivity index (χ3n) is 4.33. The highest BCUT2D eigenvalue weighted by atomic mass is 14.2. The molecule has 1 atom stereocenters. The van der Waals surface area contributed by atoms with Crippen LogP contribution in [0.2, 0.25) is 0 Å². The van der Waals surface area contributed by atoms with E-state index in [4.69, 9.17) is 0 Å². The van der Waals surface area contributed by atoms with Crippen molar-refractivity contribution >= 4 is 0 Å². The van der Waals surface area contributed by atoms with E-state index in [1.807, 2.05) is 0 Å². The summed E-state index contributed by atoms with van der Waals surface area (Å²) in [6, 6.07) is 0. The molecule has 1 unspecified atom stereocenters. The van der Waals surface area contributed by atoms with Crippen LogP contribution in [0.25, 0.3) is 0 Å². The van der Waals surface area contributed by atoms with E-state index < -0.39 is 0 Å². The lowest BCUT2D eigenvalue weighted by atomic mass is 9.85. The second-order valence-corrected chi connectivity index (χ2v) is 6.04. The fourth-order valence-electron chi connectivity index (χ4n) is 3.10. The van der Waals surface area contributed by atoms with Gasteiger partial charge in [-0.15, -0.1) is 0 Å². The maximum atomic E-state index is 2.44. The Balaban J connectivity index is 1.90. The summed E-state index contributed by atoms with van der Waals surface area (Å²) in [4.78, 5) is 0. The van der Waals surface area contributed by atoms with Gasteiger partial charge in [0.05, 0.1) is 0 Å². The third kappa shape index (κ3) is 6.55. The van der Waals surface area contributed by atoms with Crippen molar-refractivity contribution in [2.24, 2.45) is 11.8 Å². The predicted octanol–water partition coefficient (Wildman–Crippen LogP) is 5.95. The van der Waals surface area contributed by atoms with Gasteiger partial charge in [-0.1, -0.05) is 90.9 Å². The molecule has 0 heteroatoms. The zero-order valence-electron chi connectivity index (χ0n) is 11.6. The lowest BCUT2D eigenvalue weighted by molar-refractivity contribution is 0.323. The first kappa shape index (κ1) is 14.1. The third-order valence-corrected chi connectivity index (χ3v) is 4.33. The van der Waals surface area contributed by atoms with Gasteiger partial charge in [-0.05, 0) is 11.8 Å². The number of unbranched alkanes of at least 4 members (excludes halogenated alkanes) is 2. The molecule has 0 N–H and O–H groups in total. The fourth-order valence-corrected chi connectivity index (χ4v) is 3.10. The van der Waals surface area contributed by atoms with Crippen LogP contribution in [0, 0.1) is 11.8 Å². The molecule has 1 saturated carbocycles. The second-order valence-electron chi connectivity index (χ2n) is 6.04. The summed E-state index contributed by atoms with van der Waals surface area (Å²) in [5, 5.41) is 0. The molecule has 0 aliphatic heterocycles. The lowest BCUT2D eigenvalue weighted by Gasteiger charge is -2.21. The van der Waals surface area contributed by atoms with Crippen LogP contribution in [-0.2, 0) is 0 Å². The van der Waals surface area contributed by atoms with E-state index in [1.54, 1.807) is 0 Å². The van der Waals surface area contributed by atoms with E-state index in [0.717, 1.165) is 11.8 Å². The molecule has 0 amide bonds. The summed E-state index contributed by atoms with van der Waals surface area (Å²) in [6.07, 6.45) is 17.8. The van der Waals surface area contributed by atoms with Gasteiger partial charge in [0.15, 0.2) is 0 Å². The molecule has 0 aromatic rings. The van der Waals surface area contributed by atoms with Crippen molar-refractivity contribution in [3.8, 4) is 0 Å². The Morgan fingerprint density at radius 3 is 2.31 bits per heavy atom. The average molecular weight is 224 g/mol. The van der Waals surface area contributed by atoms with Crippen molar-refractivity contribution in [1.82, 2.24) is 0 Å². The van der Waals surface area contributed by atoms with Crippen molar-refractivity contribution in [3.63, 3.8) is 0 Å². The molecule has 0 aromatic carbocycles. The monoisotopic (exact) mass is 224 g/mol. The molecule has 16 heavy (non-hydrogen) atoms. The van der Waals surface area contributed by atoms with Gasteiger partial charge in [-0.2, -0.15) is 0 Å². The van der Waals surface area contributed by atoms with E-state index in [0.29, 0.717) is 0 Å². The zero-order valence-corrected chi connectivity index (χ0v) is 11.6. The molecule has 96 valence electrons. The van der Waals surface area contributed by atoms with Crippen LogP contribution in [0.1, 0.15) is 90.9 Å². The largest absolute Gasteiger partial charge is 0.0654 e. The minimum Gasteiger partial charge on any atom is -0.0654 e. The number of rotatable bonds is 8. The SMILES string of the molecule is CCCCC(C)CCCCC1CCCCC1. The molecule has 0 nitrogen and oxygen atoms in total. The van der Waals surface area contributed by atoms with Crippen LogP contribution in [-0.4, -0.2) is 0 Å². The van der Waals surface area contributed by atoms with Crippen molar-refractivity contribution in [2.45, 2.75) is 90.9 Å². The minimum absolute atomic E-state index is 0.978. The van der Waals surface area contributed by atoms with Gasteiger partial charge >= 0.3 is 0 Å². The van der Waals surface area contributed by atoms with Crippen LogP contribution in [0.15, 0.2) is 0 Å². The van der Waals surface area contributed by atoms with Crippen molar-refractivity contribution in [1.29, 1.82) is 0 Å². The maximum absolute atomic E-state index is 2.44. The van der Waals surface area contributed by atoms with Gasteiger partial charge in [0, 0.05) is 0 Å². The van der Waals surface area contributed by atoms with E-state index in [2.05, 4.69) is 13.8 Å². The Bertz CT molecular complexity index is 144. The van der Waals surface area contributed by atoms with Gasteiger partial charge < -0.3 is 0 Å². The Labute approximate surface area is 103 Å². The van der Waals surface area contributed by atoms with Crippen molar-refractivity contribution in [2.75, 3.05) is 0 Å². The average Bonchev–Trinajstić information content (AvgIpc) is 2.33. The van der Waals surface area contributed by atoms with Crippen molar-refractivity contribution in [3.05, 3.63) is 0 Å². The summed E-state index contributed by atoms with van der Waals surface area (Å²) in [5.74, 6) is 2.08. The zero-order chi connectivity index (χ0) is 11.6. The second kappa shape index (κ2) is 9.07. The minimum atomic E-state index is 0.978. The summed E-state index contributed by atoms with van der Waals surface area (Å²) in [7, 11) is 0. The molecular weight excluding hydrogens is 192 g/mol. The Morgan fingerprint density at radius 2 is 1.62 bits per heavy atom. The molecule has 1 aliphatic carbocycles. The summed E-state index contributed by atoms with van der Waals surface area (Å²) in [6.45, 7) is 4.74. The highest BCUT2D eigenvalue weighted by Crippen LogP contribution is 2.28. The molecule has 0 heterocycles. The molecule has 0 bridgehead atoms. The molecular formula is C16H32. The molecule has 1 aliphatic rings. The topological polar surface area (TPSA) is 0 Å². The molecule has 0 spiro atoms. The molecule has 1 rings (SSSR count). The first-order valence-corrected chi connectivity index (χ1v) is 7.83. The van der Waals surface area contributed by atoms with Crippen molar-refractivity contribution < 1.29 is 0 Å². The first-order chi connectivity index (χ1) is 7.83. The Kier molecular flexibility index (Phi) is 7.98. The summed E-state index contributed by atoms with van der Waals surface area (Å²) in [5.41, 5.74) is 0. The van der Waals surface area contributed by atoms with Crippen LogP contribution < -0.4 is 0 Å². The molecule has 1 fully saturated rings. The Hall–Kier alpha value is 0. The summed E-state index contributed by atoms with van der Waals surface area (Å²) < 4.78 is 0. The van der Waals surface area contributed by atoms with Gasteiger partial charge in [-0.25, -0.2) is 0 Å². The van der Waals surface area contributed by atoms with E-state index >= 15 is 0 Å². The van der Waals surface area contributed by atoms with Gasteiger partial charge in [-0.3, -0.25) is 0 Å². The van der Waals surface area contributed by atoms with E-state index in [1.165, 1.54) is 77.0 Å². The smallest absolute Gasteiger partial charge is 0.0414 e. The van der Waals surface area contributed by atoms with Crippen LogP contribution >= 0.6 is 0 Å². The van der Waals surface area contributed by atoms with Gasteiger partial charge in [0.1, 0.15) is 0 Å². The number of hydrogen-bond acceptors (Lipinski definition) is 0. The fraction of sp³-hybridized carbons (Fsp3) is 1.00. The molecule has 0 aromatic heterocycles. The molecule has 0 saturated heterocycles. The first-order valence-electron chi connectivity index (χ1n) is 7.83. The summed E-state index contributed by atoms with van der Waals surface area (Å²) >= 11 is 0. The van der Waals surface area contributed by atoms with E-state index in [9.17, 15) is 0 Å². The van der Waals surface area contributed by atoms with Gasteiger partial charge in [0.2, 0.25) is 0 Å². The quantitative estimate of drug-likeness (QED) is 0.447. The normalized spacial score (nSPS) is 19.9. The van der Waals surface area contributed by atoms with Crippen LogP contribution in [0.3, 0.4) is 0 Å². The highest BCUT2D eigenvalue weighted by Gasteiger charge is 2.12. The van der Waals surface area contributed by atoms with Crippen LogP contribution in [0.5, 0.6) is 0 Å². The number of hydrogen-bond donors (Lipinski definition) is 0.